The molecule has 4 heteroatoms. The van der Waals surface area contributed by atoms with E-state index >= 15 is 0 Å². The van der Waals surface area contributed by atoms with Gasteiger partial charge in [-0.05, 0) is 73.9 Å². The van der Waals surface area contributed by atoms with Crippen molar-refractivity contribution >= 4 is 11.6 Å². The second-order valence-electron chi connectivity index (χ2n) is 10.8. The Balaban J connectivity index is 1.70. The zero-order valence-corrected chi connectivity index (χ0v) is 23.9. The van der Waals surface area contributed by atoms with Crippen LogP contribution in [0.3, 0.4) is 0 Å². The first-order valence-electron chi connectivity index (χ1n) is 15.2. The van der Waals surface area contributed by atoms with E-state index in [-0.39, 0.29) is 23.1 Å². The lowest BCUT2D eigenvalue weighted by Crippen LogP contribution is -2.02. The maximum absolute atomic E-state index is 12.7. The minimum Gasteiger partial charge on any atom is -0.507 e. The molecule has 2 aromatic carbocycles. The van der Waals surface area contributed by atoms with E-state index in [0.717, 1.165) is 62.5 Å². The molecular weight excluding hydrogens is 472 g/mol. The number of carbonyl (C=O) groups excluding carboxylic acids is 2. The maximum atomic E-state index is 12.7. The number of aryl methyl sites for hydroxylation is 2. The second kappa shape index (κ2) is 18.6. The molecule has 0 fully saturated rings. The smallest absolute Gasteiger partial charge is 0.166 e. The van der Waals surface area contributed by atoms with Crippen molar-refractivity contribution in [1.29, 1.82) is 0 Å². The van der Waals surface area contributed by atoms with Crippen LogP contribution in [0.1, 0.15) is 148 Å². The number of hydrogen-bond donors (Lipinski definition) is 2. The highest BCUT2D eigenvalue weighted by Crippen LogP contribution is 2.24. The molecule has 0 atom stereocenters. The van der Waals surface area contributed by atoms with Gasteiger partial charge in [0, 0.05) is 12.8 Å². The highest BCUT2D eigenvalue weighted by molar-refractivity contribution is 5.99. The van der Waals surface area contributed by atoms with Crippen LogP contribution in [0.4, 0.5) is 0 Å². The van der Waals surface area contributed by atoms with Gasteiger partial charge in [-0.2, -0.15) is 0 Å². The SMILES string of the molecule is CCCCCCCc1ccc(O)c(C(=O)CCCCCCC(=O)c2cc(CCCCCCC)ccc2O)c1. The summed E-state index contributed by atoms with van der Waals surface area (Å²) in [6, 6.07) is 10.9. The predicted octanol–water partition coefficient (Wildman–Crippen LogP) is 9.53. The first-order chi connectivity index (χ1) is 18.5. The molecular formula is C34H50O4. The molecule has 0 saturated heterocycles. The molecule has 0 spiro atoms. The zero-order chi connectivity index (χ0) is 27.6. The molecule has 0 saturated carbocycles. The number of ketones is 2. The Kier molecular flexibility index (Phi) is 15.5. The number of aromatic hydroxyl groups is 2. The van der Waals surface area contributed by atoms with Gasteiger partial charge in [0.1, 0.15) is 11.5 Å². The highest BCUT2D eigenvalue weighted by atomic mass is 16.3. The van der Waals surface area contributed by atoms with Crippen molar-refractivity contribution in [1.82, 2.24) is 0 Å². The Bertz CT molecular complexity index is 899. The molecule has 2 N–H and O–H groups in total. The Morgan fingerprint density at radius 3 is 1.29 bits per heavy atom. The summed E-state index contributed by atoms with van der Waals surface area (Å²) in [7, 11) is 0. The summed E-state index contributed by atoms with van der Waals surface area (Å²) in [4.78, 5) is 25.4. The zero-order valence-electron chi connectivity index (χ0n) is 23.9. The summed E-state index contributed by atoms with van der Waals surface area (Å²) in [6.07, 6.45) is 18.0. The Morgan fingerprint density at radius 2 is 0.895 bits per heavy atom. The number of Topliss-reactive ketones (excluding diaryl/α,β-unsaturated/α-hetero) is 2. The molecule has 0 aliphatic heterocycles. The van der Waals surface area contributed by atoms with Gasteiger partial charge in [0.05, 0.1) is 11.1 Å². The number of hydrogen-bond acceptors (Lipinski definition) is 4. The molecule has 4 nitrogen and oxygen atoms in total. The minimum atomic E-state index is -0.0113. The summed E-state index contributed by atoms with van der Waals surface area (Å²) in [6.45, 7) is 4.42. The van der Waals surface area contributed by atoms with Crippen LogP contribution in [0, 0.1) is 0 Å². The van der Waals surface area contributed by atoms with E-state index in [1.165, 1.54) is 51.4 Å². The van der Waals surface area contributed by atoms with Crippen LogP contribution in [0.5, 0.6) is 11.5 Å². The first kappa shape index (κ1) is 31.6. The van der Waals surface area contributed by atoms with Gasteiger partial charge in [0.2, 0.25) is 0 Å². The number of unbranched alkanes of at least 4 members (excludes halogenated alkanes) is 11. The van der Waals surface area contributed by atoms with Gasteiger partial charge in [0.25, 0.3) is 0 Å². The van der Waals surface area contributed by atoms with Crippen LogP contribution < -0.4 is 0 Å². The third-order valence-corrected chi connectivity index (χ3v) is 7.42. The normalized spacial score (nSPS) is 11.1. The quantitative estimate of drug-likeness (QED) is 0.126. The lowest BCUT2D eigenvalue weighted by Gasteiger charge is -2.09. The molecule has 0 amide bonds. The van der Waals surface area contributed by atoms with Crippen LogP contribution in [0.25, 0.3) is 0 Å². The molecule has 210 valence electrons. The van der Waals surface area contributed by atoms with Gasteiger partial charge in [-0.25, -0.2) is 0 Å². The minimum absolute atomic E-state index is 0.0113. The van der Waals surface area contributed by atoms with Gasteiger partial charge < -0.3 is 10.2 Å². The summed E-state index contributed by atoms with van der Waals surface area (Å²) in [5.74, 6) is 0.113. The van der Waals surface area contributed by atoms with Crippen LogP contribution in [-0.4, -0.2) is 21.8 Å². The Labute approximate surface area is 230 Å². The average Bonchev–Trinajstić information content (AvgIpc) is 2.91. The molecule has 38 heavy (non-hydrogen) atoms. The number of carbonyl (C=O) groups is 2. The van der Waals surface area contributed by atoms with E-state index in [0.29, 0.717) is 24.0 Å². The van der Waals surface area contributed by atoms with Gasteiger partial charge in [-0.1, -0.05) is 90.2 Å². The van der Waals surface area contributed by atoms with Crippen molar-refractivity contribution in [2.45, 2.75) is 129 Å². The van der Waals surface area contributed by atoms with Crippen molar-refractivity contribution in [2.24, 2.45) is 0 Å². The predicted molar refractivity (Wildman–Crippen MR) is 158 cm³/mol. The average molecular weight is 523 g/mol. The molecule has 0 aliphatic rings. The molecule has 0 aliphatic carbocycles. The first-order valence-corrected chi connectivity index (χ1v) is 15.2. The summed E-state index contributed by atoms with van der Waals surface area (Å²) in [5, 5.41) is 20.4. The Hall–Kier alpha value is -2.62. The van der Waals surface area contributed by atoms with Gasteiger partial charge in [-0.3, -0.25) is 9.59 Å². The number of phenols is 2. The summed E-state index contributed by atoms with van der Waals surface area (Å²) >= 11 is 0. The fourth-order valence-corrected chi connectivity index (χ4v) is 4.98. The molecule has 0 bridgehead atoms. The second-order valence-corrected chi connectivity index (χ2v) is 10.8. The molecule has 2 rings (SSSR count). The van der Waals surface area contributed by atoms with Gasteiger partial charge in [0.15, 0.2) is 11.6 Å². The van der Waals surface area contributed by atoms with E-state index < -0.39 is 0 Å². The van der Waals surface area contributed by atoms with E-state index in [9.17, 15) is 19.8 Å². The molecule has 0 radical (unpaired) electrons. The van der Waals surface area contributed by atoms with E-state index in [1.807, 2.05) is 24.3 Å². The largest absolute Gasteiger partial charge is 0.507 e. The lowest BCUT2D eigenvalue weighted by atomic mass is 9.97. The van der Waals surface area contributed by atoms with Crippen LogP contribution in [-0.2, 0) is 12.8 Å². The van der Waals surface area contributed by atoms with E-state index in [1.54, 1.807) is 12.1 Å². The maximum Gasteiger partial charge on any atom is 0.166 e. The van der Waals surface area contributed by atoms with E-state index in [2.05, 4.69) is 13.8 Å². The van der Waals surface area contributed by atoms with Crippen LogP contribution >= 0.6 is 0 Å². The van der Waals surface area contributed by atoms with E-state index in [4.69, 9.17) is 0 Å². The monoisotopic (exact) mass is 522 g/mol. The third-order valence-electron chi connectivity index (χ3n) is 7.42. The standard InChI is InChI=1S/C34H50O4/c1-3-5-7-9-13-17-27-21-23-33(37)29(25-27)31(35)19-15-11-12-16-20-32(36)30-26-28(22-24-34(30)38)18-14-10-8-6-4-2/h21-26,37-38H,3-20H2,1-2H3. The lowest BCUT2D eigenvalue weighted by molar-refractivity contribution is 0.0963. The van der Waals surface area contributed by atoms with Gasteiger partial charge >= 0.3 is 0 Å². The number of rotatable bonds is 21. The Morgan fingerprint density at radius 1 is 0.526 bits per heavy atom. The van der Waals surface area contributed by atoms with Gasteiger partial charge in [-0.15, -0.1) is 0 Å². The van der Waals surface area contributed by atoms with Crippen molar-refractivity contribution in [3.63, 3.8) is 0 Å². The molecule has 2 aromatic rings. The molecule has 0 unspecified atom stereocenters. The molecule has 0 heterocycles. The fourth-order valence-electron chi connectivity index (χ4n) is 4.98. The highest BCUT2D eigenvalue weighted by Gasteiger charge is 2.14. The fraction of sp³-hybridized carbons (Fsp3) is 0.588. The van der Waals surface area contributed by atoms with Crippen molar-refractivity contribution in [3.8, 4) is 11.5 Å². The van der Waals surface area contributed by atoms with Crippen molar-refractivity contribution in [3.05, 3.63) is 58.7 Å². The van der Waals surface area contributed by atoms with Crippen molar-refractivity contribution < 1.29 is 19.8 Å². The topological polar surface area (TPSA) is 74.6 Å². The summed E-state index contributed by atoms with van der Waals surface area (Å²) < 4.78 is 0. The van der Waals surface area contributed by atoms with Crippen molar-refractivity contribution in [2.75, 3.05) is 0 Å². The van der Waals surface area contributed by atoms with Crippen LogP contribution in [0.15, 0.2) is 36.4 Å². The van der Waals surface area contributed by atoms with Crippen LogP contribution in [0.2, 0.25) is 0 Å². The number of phenolic OH excluding ortho intramolecular Hbond substituents is 2. The summed E-state index contributed by atoms with van der Waals surface area (Å²) in [5.41, 5.74) is 3.11. The third kappa shape index (κ3) is 11.8. The molecule has 0 aromatic heterocycles. The number of benzene rings is 2.